The minimum atomic E-state index is -0.835. The first kappa shape index (κ1) is 16.3. The minimum absolute atomic E-state index is 0.137. The van der Waals surface area contributed by atoms with Crippen LogP contribution in [0.1, 0.15) is 23.2 Å². The number of carbonyl (C=O) groups is 2. The zero-order chi connectivity index (χ0) is 16.2. The lowest BCUT2D eigenvalue weighted by Gasteiger charge is -2.39. The van der Waals surface area contributed by atoms with Gasteiger partial charge in [-0.05, 0) is 44.2 Å². The quantitative estimate of drug-likeness (QED) is 0.856. The van der Waals surface area contributed by atoms with E-state index in [2.05, 4.69) is 15.5 Å². The monoisotopic (exact) mass is 305 g/mol. The van der Waals surface area contributed by atoms with Crippen LogP contribution in [0, 0.1) is 0 Å². The van der Waals surface area contributed by atoms with E-state index in [0.717, 1.165) is 13.1 Å². The number of hydrogen-bond acceptors (Lipinski definition) is 4. The van der Waals surface area contributed by atoms with Crippen molar-refractivity contribution in [3.63, 3.8) is 0 Å². The molecule has 2 rings (SSSR count). The third-order valence-electron chi connectivity index (χ3n) is 4.21. The lowest BCUT2D eigenvalue weighted by Crippen LogP contribution is -2.62. The standard InChI is InChI=1S/C16H23N3O3/c1-17-15(21)16(8-10-19(2)11-9-16)18-14(20)12-4-6-13(22-3)7-5-12/h4-7H,8-11H2,1-3H3,(H,17,21)(H,18,20). The normalized spacial score (nSPS) is 17.6. The molecule has 0 aromatic heterocycles. The Morgan fingerprint density at radius 3 is 2.27 bits per heavy atom. The highest BCUT2D eigenvalue weighted by atomic mass is 16.5. The number of ether oxygens (including phenoxy) is 1. The van der Waals surface area contributed by atoms with Crippen LogP contribution in [0.2, 0.25) is 0 Å². The molecule has 2 N–H and O–H groups in total. The first-order valence-corrected chi connectivity index (χ1v) is 7.38. The summed E-state index contributed by atoms with van der Waals surface area (Å²) in [5.41, 5.74) is -0.318. The summed E-state index contributed by atoms with van der Waals surface area (Å²) in [5, 5.41) is 5.61. The molecule has 6 heteroatoms. The lowest BCUT2D eigenvalue weighted by molar-refractivity contribution is -0.128. The van der Waals surface area contributed by atoms with Crippen molar-refractivity contribution in [1.29, 1.82) is 0 Å². The molecular formula is C16H23N3O3. The minimum Gasteiger partial charge on any atom is -0.497 e. The van der Waals surface area contributed by atoms with Gasteiger partial charge in [0.25, 0.3) is 5.91 Å². The Balaban J connectivity index is 2.15. The Morgan fingerprint density at radius 1 is 1.18 bits per heavy atom. The third kappa shape index (κ3) is 3.39. The molecule has 0 radical (unpaired) electrons. The maximum absolute atomic E-state index is 12.5. The number of methoxy groups -OCH3 is 1. The van der Waals surface area contributed by atoms with Crippen LogP contribution >= 0.6 is 0 Å². The van der Waals surface area contributed by atoms with Crippen molar-refractivity contribution in [3.8, 4) is 5.75 Å². The molecule has 6 nitrogen and oxygen atoms in total. The highest BCUT2D eigenvalue weighted by Gasteiger charge is 2.41. The van der Waals surface area contributed by atoms with Gasteiger partial charge in [-0.3, -0.25) is 9.59 Å². The van der Waals surface area contributed by atoms with Crippen LogP contribution in [0.5, 0.6) is 5.75 Å². The molecule has 0 bridgehead atoms. The average molecular weight is 305 g/mol. The van der Waals surface area contributed by atoms with E-state index in [1.165, 1.54) is 0 Å². The van der Waals surface area contributed by atoms with Gasteiger partial charge in [0.1, 0.15) is 11.3 Å². The van der Waals surface area contributed by atoms with E-state index in [-0.39, 0.29) is 11.8 Å². The third-order valence-corrected chi connectivity index (χ3v) is 4.21. The molecule has 1 heterocycles. The number of rotatable bonds is 4. The summed E-state index contributed by atoms with van der Waals surface area (Å²) in [6.07, 6.45) is 1.20. The molecule has 22 heavy (non-hydrogen) atoms. The molecule has 0 unspecified atom stereocenters. The first-order valence-electron chi connectivity index (χ1n) is 7.38. The van der Waals surface area contributed by atoms with Crippen LogP contribution in [0.15, 0.2) is 24.3 Å². The highest BCUT2D eigenvalue weighted by Crippen LogP contribution is 2.23. The van der Waals surface area contributed by atoms with E-state index in [9.17, 15) is 9.59 Å². The second kappa shape index (κ2) is 6.79. The summed E-state index contributed by atoms with van der Waals surface area (Å²) in [6.45, 7) is 1.55. The van der Waals surface area contributed by atoms with E-state index in [1.54, 1.807) is 38.4 Å². The van der Waals surface area contributed by atoms with Gasteiger partial charge in [0, 0.05) is 25.7 Å². The molecule has 0 spiro atoms. The zero-order valence-electron chi connectivity index (χ0n) is 13.3. The summed E-state index contributed by atoms with van der Waals surface area (Å²) < 4.78 is 5.08. The molecule has 1 aliphatic heterocycles. The Hall–Kier alpha value is -2.08. The molecule has 1 aromatic rings. The van der Waals surface area contributed by atoms with Gasteiger partial charge in [0.15, 0.2) is 0 Å². The Kier molecular flexibility index (Phi) is 5.03. The Morgan fingerprint density at radius 2 is 1.77 bits per heavy atom. The van der Waals surface area contributed by atoms with Crippen LogP contribution < -0.4 is 15.4 Å². The van der Waals surface area contributed by atoms with Gasteiger partial charge in [-0.25, -0.2) is 0 Å². The number of nitrogens with zero attached hydrogens (tertiary/aromatic N) is 1. The van der Waals surface area contributed by atoms with Gasteiger partial charge < -0.3 is 20.3 Å². The lowest BCUT2D eigenvalue weighted by atomic mass is 9.86. The number of hydrogen-bond donors (Lipinski definition) is 2. The molecule has 1 fully saturated rings. The highest BCUT2D eigenvalue weighted by molar-refractivity contribution is 5.99. The Bertz CT molecular complexity index is 534. The van der Waals surface area contributed by atoms with Gasteiger partial charge in [-0.2, -0.15) is 0 Å². The van der Waals surface area contributed by atoms with Crippen molar-refractivity contribution >= 4 is 11.8 Å². The van der Waals surface area contributed by atoms with Crippen LogP contribution in [-0.4, -0.2) is 56.5 Å². The van der Waals surface area contributed by atoms with Gasteiger partial charge >= 0.3 is 0 Å². The van der Waals surface area contributed by atoms with Crippen molar-refractivity contribution in [1.82, 2.24) is 15.5 Å². The molecule has 0 saturated carbocycles. The SMILES string of the molecule is CNC(=O)C1(NC(=O)c2ccc(OC)cc2)CCN(C)CC1. The maximum Gasteiger partial charge on any atom is 0.252 e. The number of likely N-dealkylation sites (tertiary alicyclic amines) is 1. The number of nitrogens with one attached hydrogen (secondary N) is 2. The zero-order valence-corrected chi connectivity index (χ0v) is 13.3. The van der Waals surface area contributed by atoms with Gasteiger partial charge in [-0.15, -0.1) is 0 Å². The number of piperidine rings is 1. The molecule has 1 aromatic carbocycles. The van der Waals surface area contributed by atoms with Crippen LogP contribution in [0.3, 0.4) is 0 Å². The van der Waals surface area contributed by atoms with Crippen molar-refractivity contribution < 1.29 is 14.3 Å². The number of amides is 2. The predicted molar refractivity (Wildman–Crippen MR) is 84.0 cm³/mol. The van der Waals surface area contributed by atoms with Crippen molar-refractivity contribution in [2.45, 2.75) is 18.4 Å². The largest absolute Gasteiger partial charge is 0.497 e. The van der Waals surface area contributed by atoms with Crippen LogP contribution in [0.25, 0.3) is 0 Å². The predicted octanol–water partition coefficient (Wildman–Crippen LogP) is 0.635. The summed E-state index contributed by atoms with van der Waals surface area (Å²) in [4.78, 5) is 26.9. The topological polar surface area (TPSA) is 70.7 Å². The second-order valence-corrected chi connectivity index (χ2v) is 5.65. The summed E-state index contributed by atoms with van der Waals surface area (Å²) in [6, 6.07) is 6.85. The fourth-order valence-corrected chi connectivity index (χ4v) is 2.68. The molecule has 0 atom stereocenters. The van der Waals surface area contributed by atoms with E-state index < -0.39 is 5.54 Å². The number of likely N-dealkylation sites (N-methyl/N-ethyl adjacent to an activating group) is 1. The van der Waals surface area contributed by atoms with Gasteiger partial charge in [-0.1, -0.05) is 0 Å². The van der Waals surface area contributed by atoms with E-state index in [0.29, 0.717) is 24.2 Å². The van der Waals surface area contributed by atoms with E-state index in [1.807, 2.05) is 7.05 Å². The molecule has 0 aliphatic carbocycles. The Labute approximate surface area is 130 Å². The molecule has 120 valence electrons. The van der Waals surface area contributed by atoms with Crippen molar-refractivity contribution in [3.05, 3.63) is 29.8 Å². The molecule has 1 aliphatic rings. The molecule has 2 amide bonds. The number of benzene rings is 1. The molecule has 1 saturated heterocycles. The van der Waals surface area contributed by atoms with E-state index >= 15 is 0 Å². The van der Waals surface area contributed by atoms with Gasteiger partial charge in [0.05, 0.1) is 7.11 Å². The van der Waals surface area contributed by atoms with Crippen LogP contribution in [0.4, 0.5) is 0 Å². The average Bonchev–Trinajstić information content (AvgIpc) is 2.56. The van der Waals surface area contributed by atoms with Gasteiger partial charge in [0.2, 0.25) is 5.91 Å². The summed E-state index contributed by atoms with van der Waals surface area (Å²) in [7, 11) is 5.19. The van der Waals surface area contributed by atoms with Crippen molar-refractivity contribution in [2.75, 3.05) is 34.3 Å². The first-order chi connectivity index (χ1) is 10.5. The van der Waals surface area contributed by atoms with Crippen LogP contribution in [-0.2, 0) is 4.79 Å². The molecular weight excluding hydrogens is 282 g/mol. The maximum atomic E-state index is 12.5. The summed E-state index contributed by atoms with van der Waals surface area (Å²) >= 11 is 0. The second-order valence-electron chi connectivity index (χ2n) is 5.65. The summed E-state index contributed by atoms with van der Waals surface area (Å²) in [5.74, 6) is 0.315. The van der Waals surface area contributed by atoms with E-state index in [4.69, 9.17) is 4.74 Å². The van der Waals surface area contributed by atoms with Crippen molar-refractivity contribution in [2.24, 2.45) is 0 Å². The smallest absolute Gasteiger partial charge is 0.252 e. The number of carbonyl (C=O) groups excluding carboxylic acids is 2. The fourth-order valence-electron chi connectivity index (χ4n) is 2.68. The fraction of sp³-hybridized carbons (Fsp3) is 0.500.